The van der Waals surface area contributed by atoms with Crippen molar-refractivity contribution in [3.05, 3.63) is 143 Å². The van der Waals surface area contributed by atoms with Crippen molar-refractivity contribution in [2.75, 3.05) is 11.9 Å². The second kappa shape index (κ2) is 13.3. The molecule has 6 aromatic rings. The highest BCUT2D eigenvalue weighted by Gasteiger charge is 2.37. The molecule has 0 aliphatic heterocycles. The van der Waals surface area contributed by atoms with Gasteiger partial charge in [0.1, 0.15) is 28.9 Å². The number of anilines is 1. The number of fused-ring (bicyclic) bond motifs is 1. The van der Waals surface area contributed by atoms with Gasteiger partial charge in [0.25, 0.3) is 0 Å². The van der Waals surface area contributed by atoms with Gasteiger partial charge in [-0.05, 0) is 40.5 Å². The number of para-hydroxylation sites is 1. The van der Waals surface area contributed by atoms with E-state index in [0.29, 0.717) is 28.5 Å². The van der Waals surface area contributed by atoms with Crippen molar-refractivity contribution in [2.24, 2.45) is 5.16 Å². The SMILES string of the molecule is CCCCO/N=C(/C(=O)On1nnc2ccccc21)c1csc(NC(c2ccccc2)(c2ccccc2)c2ccccc2)n1. The highest BCUT2D eigenvalue weighted by atomic mass is 32.1. The Bertz CT molecular complexity index is 1760. The van der Waals surface area contributed by atoms with E-state index in [1.165, 1.54) is 11.3 Å². The minimum absolute atomic E-state index is 0.0743. The van der Waals surface area contributed by atoms with E-state index in [4.69, 9.17) is 14.7 Å². The Balaban J connectivity index is 1.39. The Kier molecular flexibility index (Phi) is 8.70. The van der Waals surface area contributed by atoms with Gasteiger partial charge >= 0.3 is 5.97 Å². The van der Waals surface area contributed by atoms with Gasteiger partial charge in [-0.15, -0.1) is 16.4 Å². The van der Waals surface area contributed by atoms with Gasteiger partial charge in [-0.2, -0.15) is 0 Å². The van der Waals surface area contributed by atoms with Crippen molar-refractivity contribution >= 4 is 39.2 Å². The van der Waals surface area contributed by atoms with Crippen LogP contribution in [0.4, 0.5) is 5.13 Å². The first kappa shape index (κ1) is 28.8. The van der Waals surface area contributed by atoms with Crippen LogP contribution in [0.2, 0.25) is 0 Å². The highest BCUT2D eigenvalue weighted by Crippen LogP contribution is 2.40. The molecule has 4 aromatic carbocycles. The van der Waals surface area contributed by atoms with Crippen molar-refractivity contribution < 1.29 is 14.5 Å². The second-order valence-corrected chi connectivity index (χ2v) is 10.8. The molecule has 2 aromatic heterocycles. The van der Waals surface area contributed by atoms with Crippen molar-refractivity contribution in [1.29, 1.82) is 0 Å². The second-order valence-electron chi connectivity index (χ2n) is 9.97. The smallest absolute Gasteiger partial charge is 0.389 e. The van der Waals surface area contributed by atoms with Gasteiger partial charge in [-0.3, -0.25) is 0 Å². The molecule has 44 heavy (non-hydrogen) atoms. The quantitative estimate of drug-likeness (QED) is 0.0563. The van der Waals surface area contributed by atoms with Gasteiger partial charge in [-0.25, -0.2) is 9.78 Å². The molecule has 0 radical (unpaired) electrons. The number of benzene rings is 4. The molecular weight excluding hydrogens is 572 g/mol. The third kappa shape index (κ3) is 5.93. The standard InChI is InChI=1S/C34H30N6O3S/c1-2-3-23-42-38-31(32(41)43-40-30-22-14-13-21-28(30)37-39-40)29-24-44-33(35-29)36-34(25-15-7-4-8-16-25,26-17-9-5-10-18-26)27-19-11-6-12-20-27/h4-22,24H,2-3,23H2,1H3,(H,35,36)/b38-31+. The summed E-state index contributed by atoms with van der Waals surface area (Å²) in [5.74, 6) is -0.769. The van der Waals surface area contributed by atoms with Crippen molar-refractivity contribution in [2.45, 2.75) is 25.3 Å². The largest absolute Gasteiger partial charge is 0.395 e. The van der Waals surface area contributed by atoms with Crippen LogP contribution in [0.25, 0.3) is 11.0 Å². The van der Waals surface area contributed by atoms with E-state index in [-0.39, 0.29) is 5.71 Å². The molecule has 0 fully saturated rings. The molecule has 0 saturated carbocycles. The molecule has 0 bridgehead atoms. The number of hydrogen-bond acceptors (Lipinski definition) is 9. The molecule has 6 rings (SSSR count). The highest BCUT2D eigenvalue weighted by molar-refractivity contribution is 7.14. The molecule has 2 heterocycles. The van der Waals surface area contributed by atoms with E-state index >= 15 is 0 Å². The molecule has 1 N–H and O–H groups in total. The molecule has 0 saturated heterocycles. The summed E-state index contributed by atoms with van der Waals surface area (Å²) in [7, 11) is 0. The van der Waals surface area contributed by atoms with Gasteiger partial charge in [0.15, 0.2) is 5.13 Å². The summed E-state index contributed by atoms with van der Waals surface area (Å²) >= 11 is 1.36. The lowest BCUT2D eigenvalue weighted by molar-refractivity contribution is -0.137. The van der Waals surface area contributed by atoms with Gasteiger partial charge in [0.05, 0.1) is 0 Å². The van der Waals surface area contributed by atoms with E-state index in [1.807, 2.05) is 66.7 Å². The average Bonchev–Trinajstić information content (AvgIpc) is 3.72. The summed E-state index contributed by atoms with van der Waals surface area (Å²) in [6.07, 6.45) is 1.71. The molecule has 0 amide bonds. The molecule has 0 aliphatic rings. The van der Waals surface area contributed by atoms with Gasteiger partial charge in [-0.1, -0.05) is 126 Å². The molecular formula is C34H30N6O3S. The van der Waals surface area contributed by atoms with Gasteiger partial charge < -0.3 is 15.0 Å². The Morgan fingerprint density at radius 3 is 2.07 bits per heavy atom. The molecule has 9 nitrogen and oxygen atoms in total. The van der Waals surface area contributed by atoms with E-state index in [1.54, 1.807) is 17.5 Å². The van der Waals surface area contributed by atoms with E-state index in [9.17, 15) is 4.79 Å². The summed E-state index contributed by atoms with van der Waals surface area (Å²) in [6, 6.07) is 37.9. The Hall–Kier alpha value is -5.35. The zero-order valence-electron chi connectivity index (χ0n) is 24.0. The summed E-state index contributed by atoms with van der Waals surface area (Å²) in [5.41, 5.74) is 3.69. The minimum atomic E-state index is -0.784. The Morgan fingerprint density at radius 1 is 0.864 bits per heavy atom. The lowest BCUT2D eigenvalue weighted by Crippen LogP contribution is -2.38. The lowest BCUT2D eigenvalue weighted by Gasteiger charge is -2.36. The van der Waals surface area contributed by atoms with Crippen molar-refractivity contribution in [3.63, 3.8) is 0 Å². The number of unbranched alkanes of at least 4 members (excludes halogenated alkanes) is 1. The fraction of sp³-hybridized carbons (Fsp3) is 0.147. The summed E-state index contributed by atoms with van der Waals surface area (Å²) < 4.78 is 0. The number of rotatable bonds is 12. The first-order valence-corrected chi connectivity index (χ1v) is 15.2. The molecule has 220 valence electrons. The predicted molar refractivity (Wildman–Crippen MR) is 171 cm³/mol. The number of hydrogen-bond donors (Lipinski definition) is 1. The monoisotopic (exact) mass is 602 g/mol. The van der Waals surface area contributed by atoms with Crippen molar-refractivity contribution in [1.82, 2.24) is 20.1 Å². The molecule has 0 unspecified atom stereocenters. The first-order chi connectivity index (χ1) is 21.7. The number of oxime groups is 1. The number of carbonyl (C=O) groups is 1. The van der Waals surface area contributed by atoms with E-state index < -0.39 is 11.5 Å². The lowest BCUT2D eigenvalue weighted by atomic mass is 9.77. The maximum absolute atomic E-state index is 13.5. The first-order valence-electron chi connectivity index (χ1n) is 14.3. The third-order valence-electron chi connectivity index (χ3n) is 7.09. The Labute approximate surface area is 258 Å². The summed E-state index contributed by atoms with van der Waals surface area (Å²) in [4.78, 5) is 30.5. The number of carbonyl (C=O) groups excluding carboxylic acids is 1. The van der Waals surface area contributed by atoms with Crippen molar-refractivity contribution in [3.8, 4) is 0 Å². The van der Waals surface area contributed by atoms with E-state index in [2.05, 4.69) is 64.1 Å². The van der Waals surface area contributed by atoms with Crippen LogP contribution in [0.3, 0.4) is 0 Å². The number of nitrogens with one attached hydrogen (secondary N) is 1. The molecule has 10 heteroatoms. The van der Waals surface area contributed by atoms with Crippen LogP contribution in [-0.4, -0.2) is 38.4 Å². The molecule has 0 aliphatic carbocycles. The fourth-order valence-corrected chi connectivity index (χ4v) is 5.68. The minimum Gasteiger partial charge on any atom is -0.395 e. The number of nitrogens with zero attached hydrogens (tertiary/aromatic N) is 5. The maximum Gasteiger partial charge on any atom is 0.389 e. The molecule has 0 atom stereocenters. The normalized spacial score (nSPS) is 11.8. The fourth-order valence-electron chi connectivity index (χ4n) is 4.93. The predicted octanol–water partition coefficient (Wildman–Crippen LogP) is 6.47. The van der Waals surface area contributed by atoms with Crippen LogP contribution in [0.5, 0.6) is 0 Å². The number of thiazole rings is 1. The summed E-state index contributed by atoms with van der Waals surface area (Å²) in [6.45, 7) is 2.41. The van der Waals surface area contributed by atoms with Crippen LogP contribution in [0.1, 0.15) is 42.1 Å². The van der Waals surface area contributed by atoms with E-state index in [0.717, 1.165) is 34.4 Å². The van der Waals surface area contributed by atoms with Crippen LogP contribution in [-0.2, 0) is 15.2 Å². The van der Waals surface area contributed by atoms with Gasteiger partial charge in [0.2, 0.25) is 5.71 Å². The van der Waals surface area contributed by atoms with Gasteiger partial charge in [0, 0.05) is 5.38 Å². The zero-order valence-corrected chi connectivity index (χ0v) is 24.9. The van der Waals surface area contributed by atoms with Crippen LogP contribution in [0, 0.1) is 0 Å². The topological polar surface area (TPSA) is 104 Å². The van der Waals surface area contributed by atoms with Crippen LogP contribution >= 0.6 is 11.3 Å². The zero-order chi connectivity index (χ0) is 30.2. The van der Waals surface area contributed by atoms with Crippen LogP contribution in [0.15, 0.2) is 126 Å². The summed E-state index contributed by atoms with van der Waals surface area (Å²) in [5, 5.41) is 18.3. The van der Waals surface area contributed by atoms with Crippen LogP contribution < -0.4 is 10.2 Å². The maximum atomic E-state index is 13.5. The Morgan fingerprint density at radius 2 is 1.45 bits per heavy atom. The number of aromatic nitrogens is 4. The third-order valence-corrected chi connectivity index (χ3v) is 7.85. The molecule has 0 spiro atoms. The average molecular weight is 603 g/mol.